The molecule has 0 heterocycles. The van der Waals surface area contributed by atoms with Crippen molar-refractivity contribution in [1.82, 2.24) is 0 Å². The van der Waals surface area contributed by atoms with E-state index in [9.17, 15) is 14.7 Å². The Morgan fingerprint density at radius 1 is 1.00 bits per heavy atom. The molecule has 0 radical (unpaired) electrons. The molecule has 5 aliphatic rings. The van der Waals surface area contributed by atoms with Gasteiger partial charge >= 0.3 is 5.97 Å². The lowest BCUT2D eigenvalue weighted by atomic mass is 9.34. The number of hydrogen-bond acceptors (Lipinski definition) is 2. The second-order valence-corrected chi connectivity index (χ2v) is 14.0. The second-order valence-electron chi connectivity index (χ2n) is 14.0. The molecule has 0 saturated heterocycles. The first kappa shape index (κ1) is 22.7. The summed E-state index contributed by atoms with van der Waals surface area (Å²) < 4.78 is 0. The number of allylic oxidation sites excluding steroid dienone is 2. The molecule has 0 aromatic heterocycles. The number of ketones is 1. The molecule has 0 bridgehead atoms. The van der Waals surface area contributed by atoms with E-state index in [0.29, 0.717) is 17.6 Å². The minimum absolute atomic E-state index is 0.0750. The number of fused-ring (bicyclic) bond motifs is 7. The van der Waals surface area contributed by atoms with Gasteiger partial charge in [0, 0.05) is 12.3 Å². The molecule has 3 nitrogen and oxygen atoms in total. The monoisotopic (exact) mass is 440 g/mol. The highest BCUT2D eigenvalue weighted by Gasteiger charge is 2.68. The molecule has 5 rings (SSSR count). The van der Waals surface area contributed by atoms with Crippen molar-refractivity contribution in [3.8, 4) is 0 Å². The van der Waals surface area contributed by atoms with Crippen LogP contribution in [-0.4, -0.2) is 16.9 Å². The van der Waals surface area contributed by atoms with Crippen molar-refractivity contribution < 1.29 is 14.7 Å². The Morgan fingerprint density at radius 2 is 1.69 bits per heavy atom. The predicted molar refractivity (Wildman–Crippen MR) is 127 cm³/mol. The van der Waals surface area contributed by atoms with E-state index in [1.54, 1.807) is 0 Å². The van der Waals surface area contributed by atoms with Crippen LogP contribution in [0.15, 0.2) is 11.6 Å². The van der Waals surface area contributed by atoms with Crippen LogP contribution in [0, 0.1) is 50.7 Å². The zero-order chi connectivity index (χ0) is 23.3. The third-order valence-electron chi connectivity index (χ3n) is 12.4. The predicted octanol–water partition coefficient (Wildman–Crippen LogP) is 7.05. The molecule has 8 atom stereocenters. The van der Waals surface area contributed by atoms with E-state index < -0.39 is 11.4 Å². The first-order valence-electron chi connectivity index (χ1n) is 13.3. The van der Waals surface area contributed by atoms with Gasteiger partial charge in [-0.2, -0.15) is 0 Å². The molecule has 0 aliphatic heterocycles. The molecule has 4 unspecified atom stereocenters. The molecule has 4 fully saturated rings. The van der Waals surface area contributed by atoms with Gasteiger partial charge in [0.25, 0.3) is 0 Å². The molecule has 4 saturated carbocycles. The SMILES string of the molecule is CC1C(=O)CC[C@@]2(C)C1CC[C@]1(C)C2CC=C2C3CC(C)(C)CC[C@]3(C(=O)O)CC[C@]21C. The van der Waals surface area contributed by atoms with Gasteiger partial charge in [-0.05, 0) is 97.2 Å². The van der Waals surface area contributed by atoms with Crippen LogP contribution in [0.3, 0.4) is 0 Å². The maximum atomic E-state index is 12.7. The third kappa shape index (κ3) is 2.66. The summed E-state index contributed by atoms with van der Waals surface area (Å²) in [5, 5.41) is 10.5. The fourth-order valence-corrected chi connectivity index (χ4v) is 10.0. The molecule has 1 N–H and O–H groups in total. The molecule has 3 heteroatoms. The fraction of sp³-hybridized carbons (Fsp3) is 0.862. The van der Waals surface area contributed by atoms with E-state index in [0.717, 1.165) is 57.8 Å². The number of rotatable bonds is 1. The lowest BCUT2D eigenvalue weighted by molar-refractivity contribution is -0.180. The molecule has 0 amide bonds. The molecule has 0 aromatic rings. The average Bonchev–Trinajstić information content (AvgIpc) is 2.71. The summed E-state index contributed by atoms with van der Waals surface area (Å²) in [6.07, 6.45) is 12.4. The van der Waals surface area contributed by atoms with Crippen LogP contribution in [0.4, 0.5) is 0 Å². The lowest BCUT2D eigenvalue weighted by Crippen LogP contribution is -2.63. The van der Waals surface area contributed by atoms with Gasteiger partial charge in [-0.15, -0.1) is 0 Å². The van der Waals surface area contributed by atoms with E-state index >= 15 is 0 Å². The van der Waals surface area contributed by atoms with E-state index in [1.807, 2.05) is 0 Å². The van der Waals surface area contributed by atoms with Crippen LogP contribution < -0.4 is 0 Å². The molecule has 178 valence electrons. The summed E-state index contributed by atoms with van der Waals surface area (Å²) in [5.41, 5.74) is 1.64. The van der Waals surface area contributed by atoms with Crippen LogP contribution in [0.25, 0.3) is 0 Å². The zero-order valence-electron chi connectivity index (χ0n) is 21.2. The normalized spacial score (nSPS) is 52.1. The smallest absolute Gasteiger partial charge is 0.310 e. The van der Waals surface area contributed by atoms with Crippen LogP contribution in [0.2, 0.25) is 0 Å². The van der Waals surface area contributed by atoms with Gasteiger partial charge in [0.05, 0.1) is 5.41 Å². The highest BCUT2D eigenvalue weighted by atomic mass is 16.4. The first-order chi connectivity index (χ1) is 14.8. The van der Waals surface area contributed by atoms with Gasteiger partial charge < -0.3 is 5.11 Å². The van der Waals surface area contributed by atoms with Gasteiger partial charge in [-0.1, -0.05) is 53.2 Å². The molecular formula is C29H44O3. The molecule has 32 heavy (non-hydrogen) atoms. The molecule has 0 spiro atoms. The summed E-state index contributed by atoms with van der Waals surface area (Å²) in [6.45, 7) is 14.4. The Hall–Kier alpha value is -1.12. The van der Waals surface area contributed by atoms with Gasteiger partial charge in [0.1, 0.15) is 5.78 Å². The first-order valence-corrected chi connectivity index (χ1v) is 13.3. The lowest BCUT2D eigenvalue weighted by Gasteiger charge is -2.69. The van der Waals surface area contributed by atoms with Crippen LogP contribution >= 0.6 is 0 Å². The summed E-state index contributed by atoms with van der Waals surface area (Å²) in [4.78, 5) is 25.3. The number of carbonyl (C=O) groups excluding carboxylic acids is 1. The number of Topliss-reactive ketones (excluding diaryl/α,β-unsaturated/α-hetero) is 1. The van der Waals surface area contributed by atoms with Gasteiger partial charge in [-0.25, -0.2) is 0 Å². The summed E-state index contributed by atoms with van der Waals surface area (Å²) >= 11 is 0. The van der Waals surface area contributed by atoms with Crippen LogP contribution in [0.1, 0.15) is 106 Å². The minimum atomic E-state index is -0.559. The Morgan fingerprint density at radius 3 is 2.38 bits per heavy atom. The van der Waals surface area contributed by atoms with Crippen molar-refractivity contribution in [2.45, 2.75) is 106 Å². The largest absolute Gasteiger partial charge is 0.481 e. The topological polar surface area (TPSA) is 54.4 Å². The van der Waals surface area contributed by atoms with Crippen molar-refractivity contribution >= 4 is 11.8 Å². The number of carboxylic acids is 1. The zero-order valence-corrected chi connectivity index (χ0v) is 21.2. The highest BCUT2D eigenvalue weighted by molar-refractivity contribution is 5.82. The van der Waals surface area contributed by atoms with Gasteiger partial charge in [0.15, 0.2) is 0 Å². The van der Waals surface area contributed by atoms with E-state index in [-0.39, 0.29) is 33.5 Å². The highest BCUT2D eigenvalue weighted by Crippen LogP contribution is 2.74. The quantitative estimate of drug-likeness (QED) is 0.444. The van der Waals surface area contributed by atoms with Crippen molar-refractivity contribution in [3.63, 3.8) is 0 Å². The van der Waals surface area contributed by atoms with Crippen molar-refractivity contribution in [1.29, 1.82) is 0 Å². The maximum absolute atomic E-state index is 12.7. The minimum Gasteiger partial charge on any atom is -0.481 e. The van der Waals surface area contributed by atoms with Gasteiger partial charge in [-0.3, -0.25) is 9.59 Å². The summed E-state index contributed by atoms with van der Waals surface area (Å²) in [7, 11) is 0. The van der Waals surface area contributed by atoms with Crippen molar-refractivity contribution in [2.75, 3.05) is 0 Å². The number of carboxylic acid groups (broad SMARTS) is 1. The van der Waals surface area contributed by atoms with Gasteiger partial charge in [0.2, 0.25) is 0 Å². The standard InChI is InChI=1S/C29H44O3/c1-18-19-9-12-28(6)23(26(19,4)11-10-22(18)30)8-7-20-21-17-25(2,3)13-15-29(21,24(31)32)16-14-27(20,28)5/h7,18-19,21,23H,8-17H2,1-6H3,(H,31,32)/t18?,19?,21?,23?,26-,27+,28+,29-/m0/s1. The molecule has 0 aromatic carbocycles. The van der Waals surface area contributed by atoms with E-state index in [2.05, 4.69) is 47.6 Å². The Balaban J connectivity index is 1.60. The van der Waals surface area contributed by atoms with Crippen LogP contribution in [0.5, 0.6) is 0 Å². The van der Waals surface area contributed by atoms with Crippen molar-refractivity contribution in [3.05, 3.63) is 11.6 Å². The number of aliphatic carboxylic acids is 1. The number of carbonyl (C=O) groups is 2. The molecular weight excluding hydrogens is 396 g/mol. The Kier molecular flexibility index (Phi) is 4.76. The third-order valence-corrected chi connectivity index (χ3v) is 12.4. The maximum Gasteiger partial charge on any atom is 0.310 e. The van der Waals surface area contributed by atoms with Crippen molar-refractivity contribution in [2.24, 2.45) is 50.7 Å². The Bertz CT molecular complexity index is 885. The summed E-state index contributed by atoms with van der Waals surface area (Å²) in [5.74, 6) is 1.40. The van der Waals surface area contributed by atoms with Crippen LogP contribution in [-0.2, 0) is 9.59 Å². The Labute approximate surface area is 194 Å². The number of hydrogen-bond donors (Lipinski definition) is 1. The van der Waals surface area contributed by atoms with E-state index in [1.165, 1.54) is 12.0 Å². The average molecular weight is 441 g/mol. The fourth-order valence-electron chi connectivity index (χ4n) is 10.0. The summed E-state index contributed by atoms with van der Waals surface area (Å²) in [6, 6.07) is 0. The second kappa shape index (κ2) is 6.72. The van der Waals surface area contributed by atoms with E-state index in [4.69, 9.17) is 0 Å². The molecule has 5 aliphatic carbocycles.